The lowest BCUT2D eigenvalue weighted by molar-refractivity contribution is 0.104. The minimum atomic E-state index is -0.0354. The molecule has 0 amide bonds. The Morgan fingerprint density at radius 3 is 2.77 bits per heavy atom. The average molecular weight is 196 g/mol. The van der Waals surface area contributed by atoms with Crippen LogP contribution in [0.15, 0.2) is 17.7 Å². The summed E-state index contributed by atoms with van der Waals surface area (Å²) in [5.74, 6) is -0.0354. The van der Waals surface area contributed by atoms with Gasteiger partial charge in [0.15, 0.2) is 5.01 Å². The summed E-state index contributed by atoms with van der Waals surface area (Å²) in [7, 11) is 3.74. The fraction of sp³-hybridized carbons (Fsp3) is 0.333. The molecule has 0 spiro atoms. The number of ketones is 1. The zero-order valence-electron chi connectivity index (χ0n) is 7.94. The van der Waals surface area contributed by atoms with Gasteiger partial charge in [0.25, 0.3) is 0 Å². The summed E-state index contributed by atoms with van der Waals surface area (Å²) in [6.07, 6.45) is 3.25. The van der Waals surface area contributed by atoms with Crippen molar-refractivity contribution >= 4 is 17.1 Å². The molecule has 0 aromatic carbocycles. The molecule has 3 nitrogen and oxygen atoms in total. The van der Waals surface area contributed by atoms with Crippen LogP contribution in [0.25, 0.3) is 0 Å². The summed E-state index contributed by atoms with van der Waals surface area (Å²) in [6, 6.07) is 0. The molecule has 0 aliphatic rings. The minimum Gasteiger partial charge on any atom is -0.383 e. The molecule has 70 valence electrons. The van der Waals surface area contributed by atoms with E-state index in [1.54, 1.807) is 6.20 Å². The Morgan fingerprint density at radius 2 is 2.31 bits per heavy atom. The highest BCUT2D eigenvalue weighted by Crippen LogP contribution is 2.09. The van der Waals surface area contributed by atoms with Crippen LogP contribution >= 0.6 is 11.3 Å². The molecule has 1 rings (SSSR count). The van der Waals surface area contributed by atoms with Crippen LogP contribution in [-0.4, -0.2) is 29.8 Å². The van der Waals surface area contributed by atoms with Crippen molar-refractivity contribution in [2.24, 2.45) is 0 Å². The SMILES string of the molecule is Cc1csc(C(=O)/C=C/N(C)C)n1. The summed E-state index contributed by atoms with van der Waals surface area (Å²) in [4.78, 5) is 17.3. The molecule has 13 heavy (non-hydrogen) atoms. The van der Waals surface area contributed by atoms with Gasteiger partial charge in [-0.15, -0.1) is 11.3 Å². The second kappa shape index (κ2) is 4.18. The predicted octanol–water partition coefficient (Wildman–Crippen LogP) is 1.71. The maximum Gasteiger partial charge on any atom is 0.215 e. The smallest absolute Gasteiger partial charge is 0.215 e. The van der Waals surface area contributed by atoms with Crippen molar-refractivity contribution in [2.45, 2.75) is 6.92 Å². The highest BCUT2D eigenvalue weighted by Gasteiger charge is 2.05. The largest absolute Gasteiger partial charge is 0.383 e. The number of hydrogen-bond acceptors (Lipinski definition) is 4. The Labute approximate surface area is 81.7 Å². The molecule has 0 atom stereocenters. The van der Waals surface area contributed by atoms with E-state index in [0.29, 0.717) is 5.01 Å². The van der Waals surface area contributed by atoms with Crippen LogP contribution < -0.4 is 0 Å². The first-order chi connectivity index (χ1) is 6.09. The second-order valence-electron chi connectivity index (χ2n) is 2.94. The van der Waals surface area contributed by atoms with Crippen molar-refractivity contribution in [3.05, 3.63) is 28.4 Å². The number of aryl methyl sites for hydroxylation is 1. The van der Waals surface area contributed by atoms with Gasteiger partial charge in [-0.05, 0) is 6.92 Å². The Bertz CT molecular complexity index is 328. The fourth-order valence-electron chi connectivity index (χ4n) is 0.755. The van der Waals surface area contributed by atoms with Crippen molar-refractivity contribution in [3.8, 4) is 0 Å². The number of aromatic nitrogens is 1. The summed E-state index contributed by atoms with van der Waals surface area (Å²) in [5, 5.41) is 2.42. The molecule has 0 bridgehead atoms. The molecule has 0 saturated carbocycles. The highest BCUT2D eigenvalue weighted by atomic mass is 32.1. The number of carbonyl (C=O) groups is 1. The molecular weight excluding hydrogens is 184 g/mol. The molecule has 0 aliphatic carbocycles. The quantitative estimate of drug-likeness (QED) is 0.545. The van der Waals surface area contributed by atoms with Crippen molar-refractivity contribution in [1.29, 1.82) is 0 Å². The van der Waals surface area contributed by atoms with E-state index in [0.717, 1.165) is 5.69 Å². The van der Waals surface area contributed by atoms with E-state index < -0.39 is 0 Å². The summed E-state index contributed by atoms with van der Waals surface area (Å²) in [5.41, 5.74) is 0.895. The number of nitrogens with zero attached hydrogens (tertiary/aromatic N) is 2. The molecule has 0 saturated heterocycles. The third kappa shape index (κ3) is 2.99. The standard InChI is InChI=1S/C9H12N2OS/c1-7-6-13-9(10-7)8(12)4-5-11(2)3/h4-6H,1-3H3/b5-4+. The number of rotatable bonds is 3. The normalized spacial score (nSPS) is 10.7. The maximum absolute atomic E-state index is 11.4. The van der Waals surface area contributed by atoms with Crippen molar-refractivity contribution in [1.82, 2.24) is 9.88 Å². The van der Waals surface area contributed by atoms with Gasteiger partial charge in [0, 0.05) is 37.4 Å². The Kier molecular flexibility index (Phi) is 3.19. The van der Waals surface area contributed by atoms with E-state index in [2.05, 4.69) is 4.98 Å². The van der Waals surface area contributed by atoms with Gasteiger partial charge in [-0.1, -0.05) is 0 Å². The zero-order valence-corrected chi connectivity index (χ0v) is 8.76. The zero-order chi connectivity index (χ0) is 9.84. The molecule has 4 heteroatoms. The third-order valence-corrected chi connectivity index (χ3v) is 2.33. The molecule has 0 unspecified atom stereocenters. The van der Waals surface area contributed by atoms with Crippen LogP contribution in [0.1, 0.15) is 15.5 Å². The first-order valence-corrected chi connectivity index (χ1v) is 4.78. The molecule has 0 aliphatic heterocycles. The van der Waals surface area contributed by atoms with Gasteiger partial charge >= 0.3 is 0 Å². The van der Waals surface area contributed by atoms with Crippen molar-refractivity contribution in [3.63, 3.8) is 0 Å². The van der Waals surface area contributed by atoms with E-state index >= 15 is 0 Å². The molecule has 1 aromatic heterocycles. The summed E-state index contributed by atoms with van der Waals surface area (Å²) < 4.78 is 0. The molecule has 0 radical (unpaired) electrons. The van der Waals surface area contributed by atoms with E-state index in [4.69, 9.17) is 0 Å². The van der Waals surface area contributed by atoms with Gasteiger partial charge in [0.05, 0.1) is 0 Å². The van der Waals surface area contributed by atoms with Gasteiger partial charge in [0.2, 0.25) is 5.78 Å². The molecule has 1 heterocycles. The second-order valence-corrected chi connectivity index (χ2v) is 3.80. The average Bonchev–Trinajstić information content (AvgIpc) is 2.47. The summed E-state index contributed by atoms with van der Waals surface area (Å²) >= 11 is 1.38. The van der Waals surface area contributed by atoms with Gasteiger partial charge in [-0.25, -0.2) is 4.98 Å². The number of hydrogen-bond donors (Lipinski definition) is 0. The van der Waals surface area contributed by atoms with Crippen molar-refractivity contribution < 1.29 is 4.79 Å². The van der Waals surface area contributed by atoms with Gasteiger partial charge in [0.1, 0.15) is 0 Å². The Hall–Kier alpha value is -1.16. The molecule has 0 N–H and O–H groups in total. The van der Waals surface area contributed by atoms with Crippen LogP contribution in [0.5, 0.6) is 0 Å². The minimum absolute atomic E-state index is 0.0354. The van der Waals surface area contributed by atoms with E-state index in [9.17, 15) is 4.79 Å². The lowest BCUT2D eigenvalue weighted by Gasteiger charge is -2.01. The maximum atomic E-state index is 11.4. The monoisotopic (exact) mass is 196 g/mol. The van der Waals surface area contributed by atoms with Crippen LogP contribution in [0.2, 0.25) is 0 Å². The number of thiazole rings is 1. The Balaban J connectivity index is 2.69. The lowest BCUT2D eigenvalue weighted by Crippen LogP contribution is -2.02. The van der Waals surface area contributed by atoms with Crippen LogP contribution in [0.4, 0.5) is 0 Å². The van der Waals surface area contributed by atoms with Gasteiger partial charge in [-0.2, -0.15) is 0 Å². The first-order valence-electron chi connectivity index (χ1n) is 3.90. The first kappa shape index (κ1) is 9.92. The predicted molar refractivity (Wildman–Crippen MR) is 54.0 cm³/mol. The number of carbonyl (C=O) groups excluding carboxylic acids is 1. The topological polar surface area (TPSA) is 33.2 Å². The molecular formula is C9H12N2OS. The Morgan fingerprint density at radius 1 is 1.62 bits per heavy atom. The van der Waals surface area contributed by atoms with Crippen LogP contribution in [0, 0.1) is 6.92 Å². The third-order valence-electron chi connectivity index (χ3n) is 1.35. The lowest BCUT2D eigenvalue weighted by atomic mass is 10.4. The van der Waals surface area contributed by atoms with E-state index in [1.165, 1.54) is 17.4 Å². The van der Waals surface area contributed by atoms with Crippen molar-refractivity contribution in [2.75, 3.05) is 14.1 Å². The summed E-state index contributed by atoms with van der Waals surface area (Å²) in [6.45, 7) is 1.88. The molecule has 1 aromatic rings. The fourth-order valence-corrected chi connectivity index (χ4v) is 1.47. The van der Waals surface area contributed by atoms with Crippen LogP contribution in [0.3, 0.4) is 0 Å². The number of allylic oxidation sites excluding steroid dienone is 1. The van der Waals surface area contributed by atoms with Gasteiger partial charge in [-0.3, -0.25) is 4.79 Å². The van der Waals surface area contributed by atoms with E-state index in [-0.39, 0.29) is 5.78 Å². The van der Waals surface area contributed by atoms with E-state index in [1.807, 2.05) is 31.3 Å². The van der Waals surface area contributed by atoms with Gasteiger partial charge < -0.3 is 4.90 Å². The van der Waals surface area contributed by atoms with Crippen LogP contribution in [-0.2, 0) is 0 Å². The molecule has 0 fully saturated rings. The highest BCUT2D eigenvalue weighted by molar-refractivity contribution is 7.11.